The maximum Gasteiger partial charge on any atom is 0.231 e. The fourth-order valence-electron chi connectivity index (χ4n) is 1.74. The van der Waals surface area contributed by atoms with Crippen molar-refractivity contribution in [2.45, 2.75) is 0 Å². The number of nitrogen functional groups attached to an aromatic ring is 1. The average molecular weight is 296 g/mol. The topological polar surface area (TPSA) is 62.3 Å². The molecule has 1 aromatic carbocycles. The summed E-state index contributed by atoms with van der Waals surface area (Å²) < 4.78 is 13.2. The molecule has 1 aliphatic heterocycles. The zero-order valence-electron chi connectivity index (χ0n) is 9.11. The van der Waals surface area contributed by atoms with Crippen molar-refractivity contribution in [3.8, 4) is 22.8 Å². The molecular weight excluding hydrogens is 286 g/mol. The molecule has 3 rings (SSSR count). The van der Waals surface area contributed by atoms with E-state index in [-0.39, 0.29) is 6.79 Å². The summed E-state index contributed by atoms with van der Waals surface area (Å²) in [5, 5.41) is 4.32. The zero-order valence-corrected chi connectivity index (χ0v) is 10.7. The molecule has 0 saturated heterocycles. The van der Waals surface area contributed by atoms with Crippen LogP contribution in [0.25, 0.3) is 11.3 Å². The molecule has 2 aromatic rings. The highest BCUT2D eigenvalue weighted by Crippen LogP contribution is 2.42. The van der Waals surface area contributed by atoms with Gasteiger partial charge in [0.15, 0.2) is 11.5 Å². The summed E-state index contributed by atoms with van der Waals surface area (Å²) in [6, 6.07) is 5.66. The van der Waals surface area contributed by atoms with Gasteiger partial charge in [-0.25, -0.2) is 0 Å². The molecular formula is C11H10BrN3O2. The van der Waals surface area contributed by atoms with Crippen molar-refractivity contribution in [1.82, 2.24) is 9.78 Å². The van der Waals surface area contributed by atoms with Gasteiger partial charge in [-0.1, -0.05) is 0 Å². The Morgan fingerprint density at radius 2 is 2.18 bits per heavy atom. The number of hydrogen-bond acceptors (Lipinski definition) is 4. The summed E-state index contributed by atoms with van der Waals surface area (Å²) in [6.45, 7) is 0.252. The number of aromatic nitrogens is 2. The van der Waals surface area contributed by atoms with Gasteiger partial charge in [0.1, 0.15) is 5.82 Å². The lowest BCUT2D eigenvalue weighted by Gasteiger charge is -2.02. The van der Waals surface area contributed by atoms with Crippen LogP contribution in [0.1, 0.15) is 0 Å². The van der Waals surface area contributed by atoms with Crippen LogP contribution in [0, 0.1) is 0 Å². The number of anilines is 1. The van der Waals surface area contributed by atoms with E-state index in [0.717, 1.165) is 27.2 Å². The van der Waals surface area contributed by atoms with Crippen molar-refractivity contribution in [3.05, 3.63) is 22.7 Å². The minimum absolute atomic E-state index is 0.252. The number of rotatable bonds is 1. The Labute approximate surface area is 106 Å². The minimum Gasteiger partial charge on any atom is -0.454 e. The first-order valence-corrected chi connectivity index (χ1v) is 5.83. The number of ether oxygens (including phenoxy) is 2. The molecule has 88 valence electrons. The molecule has 2 N–H and O–H groups in total. The molecule has 2 heterocycles. The van der Waals surface area contributed by atoms with Gasteiger partial charge in [-0.05, 0) is 28.1 Å². The van der Waals surface area contributed by atoms with Gasteiger partial charge in [0.25, 0.3) is 0 Å². The number of hydrogen-bond donors (Lipinski definition) is 1. The predicted molar refractivity (Wildman–Crippen MR) is 66.9 cm³/mol. The predicted octanol–water partition coefficient (Wildman–Crippen LogP) is 2.16. The lowest BCUT2D eigenvalue weighted by Crippen LogP contribution is -1.96. The van der Waals surface area contributed by atoms with Crippen LogP contribution in [0.3, 0.4) is 0 Å². The molecule has 0 amide bonds. The largest absolute Gasteiger partial charge is 0.454 e. The van der Waals surface area contributed by atoms with Gasteiger partial charge >= 0.3 is 0 Å². The molecule has 0 bridgehead atoms. The first kappa shape index (κ1) is 10.5. The van der Waals surface area contributed by atoms with Crippen LogP contribution in [0.15, 0.2) is 22.7 Å². The number of nitrogens with zero attached hydrogens (tertiary/aromatic N) is 2. The number of fused-ring (bicyclic) bond motifs is 1. The Bertz CT molecular complexity index is 575. The molecule has 0 atom stereocenters. The number of benzene rings is 1. The van der Waals surface area contributed by atoms with E-state index in [1.54, 1.807) is 11.7 Å². The fraction of sp³-hybridized carbons (Fsp3) is 0.182. The second-order valence-corrected chi connectivity index (χ2v) is 4.62. The SMILES string of the molecule is Cn1nc(-c2cc(Br)c3c(c2)OCO3)cc1N. The van der Waals surface area contributed by atoms with Crippen molar-refractivity contribution in [2.24, 2.45) is 7.05 Å². The highest BCUT2D eigenvalue weighted by molar-refractivity contribution is 9.10. The van der Waals surface area contributed by atoms with Gasteiger partial charge in [-0.2, -0.15) is 5.10 Å². The molecule has 0 aliphatic carbocycles. The highest BCUT2D eigenvalue weighted by atomic mass is 79.9. The lowest BCUT2D eigenvalue weighted by atomic mass is 10.1. The van der Waals surface area contributed by atoms with Gasteiger partial charge in [0.05, 0.1) is 10.2 Å². The number of nitrogens with two attached hydrogens (primary N) is 1. The number of aryl methyl sites for hydroxylation is 1. The van der Waals surface area contributed by atoms with Gasteiger partial charge in [-0.3, -0.25) is 4.68 Å². The molecule has 1 aromatic heterocycles. The molecule has 6 heteroatoms. The average Bonchev–Trinajstić information content (AvgIpc) is 2.87. The highest BCUT2D eigenvalue weighted by Gasteiger charge is 2.19. The fourth-order valence-corrected chi connectivity index (χ4v) is 2.29. The summed E-state index contributed by atoms with van der Waals surface area (Å²) in [4.78, 5) is 0. The summed E-state index contributed by atoms with van der Waals surface area (Å²) in [5.74, 6) is 2.07. The minimum atomic E-state index is 0.252. The van der Waals surface area contributed by atoms with Crippen LogP contribution in [-0.4, -0.2) is 16.6 Å². The van der Waals surface area contributed by atoms with Crippen molar-refractivity contribution in [3.63, 3.8) is 0 Å². The second kappa shape index (κ2) is 3.66. The monoisotopic (exact) mass is 295 g/mol. The van der Waals surface area contributed by atoms with Crippen molar-refractivity contribution >= 4 is 21.7 Å². The maximum absolute atomic E-state index is 5.76. The molecule has 0 saturated carbocycles. The van der Waals surface area contributed by atoms with Crippen molar-refractivity contribution < 1.29 is 9.47 Å². The van der Waals surface area contributed by atoms with E-state index in [9.17, 15) is 0 Å². The zero-order chi connectivity index (χ0) is 12.0. The molecule has 0 unspecified atom stereocenters. The van der Waals surface area contributed by atoms with Gasteiger partial charge in [-0.15, -0.1) is 0 Å². The molecule has 5 nitrogen and oxygen atoms in total. The smallest absolute Gasteiger partial charge is 0.231 e. The van der Waals surface area contributed by atoms with Gasteiger partial charge in [0.2, 0.25) is 6.79 Å². The standard InChI is InChI=1S/C11H10BrN3O2/c1-15-10(13)4-8(14-15)6-2-7(12)11-9(3-6)16-5-17-11/h2-4H,5,13H2,1H3. The second-order valence-electron chi connectivity index (χ2n) is 3.77. The van der Waals surface area contributed by atoms with Crippen LogP contribution in [0.5, 0.6) is 11.5 Å². The van der Waals surface area contributed by atoms with Crippen LogP contribution >= 0.6 is 15.9 Å². The first-order valence-electron chi connectivity index (χ1n) is 5.04. The summed E-state index contributed by atoms with van der Waals surface area (Å²) in [7, 11) is 1.81. The van der Waals surface area contributed by atoms with E-state index in [0.29, 0.717) is 5.82 Å². The van der Waals surface area contributed by atoms with Crippen molar-refractivity contribution in [1.29, 1.82) is 0 Å². The van der Waals surface area contributed by atoms with Crippen molar-refractivity contribution in [2.75, 3.05) is 12.5 Å². The van der Waals surface area contributed by atoms with E-state index in [2.05, 4.69) is 21.0 Å². The number of halogens is 1. The Morgan fingerprint density at radius 3 is 2.88 bits per heavy atom. The molecule has 0 radical (unpaired) electrons. The Hall–Kier alpha value is -1.69. The Morgan fingerprint density at radius 1 is 1.35 bits per heavy atom. The summed E-state index contributed by atoms with van der Waals surface area (Å²) in [5.41, 5.74) is 7.51. The van der Waals surface area contributed by atoms with E-state index in [1.807, 2.05) is 18.2 Å². The lowest BCUT2D eigenvalue weighted by molar-refractivity contribution is 0.173. The first-order chi connectivity index (χ1) is 8.15. The quantitative estimate of drug-likeness (QED) is 0.876. The summed E-state index contributed by atoms with van der Waals surface area (Å²) in [6.07, 6.45) is 0. The van der Waals surface area contributed by atoms with Gasteiger partial charge < -0.3 is 15.2 Å². The van der Waals surface area contributed by atoms with E-state index < -0.39 is 0 Å². The molecule has 0 spiro atoms. The van der Waals surface area contributed by atoms with Gasteiger partial charge in [0, 0.05) is 18.7 Å². The third-order valence-electron chi connectivity index (χ3n) is 2.64. The van der Waals surface area contributed by atoms with E-state index in [4.69, 9.17) is 15.2 Å². The van der Waals surface area contributed by atoms with Crippen LogP contribution in [0.2, 0.25) is 0 Å². The van der Waals surface area contributed by atoms with Crippen LogP contribution < -0.4 is 15.2 Å². The molecule has 17 heavy (non-hydrogen) atoms. The Kier molecular flexibility index (Phi) is 2.25. The molecule has 1 aliphatic rings. The Balaban J connectivity index is 2.13. The normalized spacial score (nSPS) is 13.1. The third kappa shape index (κ3) is 1.64. The van der Waals surface area contributed by atoms with Crippen LogP contribution in [-0.2, 0) is 7.05 Å². The maximum atomic E-state index is 5.76. The summed E-state index contributed by atoms with van der Waals surface area (Å²) >= 11 is 3.45. The van der Waals surface area contributed by atoms with E-state index >= 15 is 0 Å². The third-order valence-corrected chi connectivity index (χ3v) is 3.23. The van der Waals surface area contributed by atoms with Crippen LogP contribution in [0.4, 0.5) is 5.82 Å². The molecule has 0 fully saturated rings. The van der Waals surface area contributed by atoms with E-state index in [1.165, 1.54) is 0 Å².